The highest BCUT2D eigenvalue weighted by Crippen LogP contribution is 2.47. The summed E-state index contributed by atoms with van der Waals surface area (Å²) in [5.74, 6) is 2.51. The molecular formula is C19H25NO. The number of para-hydroxylation sites is 1. The van der Waals surface area contributed by atoms with Crippen LogP contribution in [0.4, 0.5) is 0 Å². The first-order valence-corrected chi connectivity index (χ1v) is 8.55. The number of rotatable bonds is 6. The fourth-order valence-electron chi connectivity index (χ4n) is 3.29. The molecule has 1 N–H and O–H groups in total. The molecule has 0 bridgehead atoms. The van der Waals surface area contributed by atoms with E-state index in [-0.39, 0.29) is 0 Å². The van der Waals surface area contributed by atoms with E-state index in [9.17, 15) is 0 Å². The summed E-state index contributed by atoms with van der Waals surface area (Å²) in [5, 5.41) is 5.00. The highest BCUT2D eigenvalue weighted by atomic mass is 16.3. The summed E-state index contributed by atoms with van der Waals surface area (Å²) in [7, 11) is 0. The third kappa shape index (κ3) is 2.50. The van der Waals surface area contributed by atoms with Crippen LogP contribution in [-0.2, 0) is 6.54 Å². The van der Waals surface area contributed by atoms with Crippen molar-refractivity contribution in [1.82, 2.24) is 5.32 Å². The van der Waals surface area contributed by atoms with E-state index < -0.39 is 0 Å². The SMILES string of the molecule is CCC(C)c1cccc2c(C3CC3)c(CNC3CC3)oc12. The van der Waals surface area contributed by atoms with Crippen LogP contribution in [0.25, 0.3) is 11.0 Å². The van der Waals surface area contributed by atoms with Gasteiger partial charge in [-0.05, 0) is 49.5 Å². The predicted molar refractivity (Wildman–Crippen MR) is 86.8 cm³/mol. The van der Waals surface area contributed by atoms with Crippen LogP contribution in [0.5, 0.6) is 0 Å². The van der Waals surface area contributed by atoms with Gasteiger partial charge in [0.2, 0.25) is 0 Å². The minimum absolute atomic E-state index is 0.566. The van der Waals surface area contributed by atoms with Gasteiger partial charge in [-0.1, -0.05) is 32.0 Å². The second kappa shape index (κ2) is 5.17. The zero-order valence-corrected chi connectivity index (χ0v) is 13.1. The molecule has 112 valence electrons. The molecule has 2 aromatic rings. The fraction of sp³-hybridized carbons (Fsp3) is 0.579. The average Bonchev–Trinajstić information content (AvgIpc) is 3.42. The molecule has 2 heteroatoms. The van der Waals surface area contributed by atoms with Crippen molar-refractivity contribution in [3.8, 4) is 0 Å². The Morgan fingerprint density at radius 1 is 1.24 bits per heavy atom. The summed E-state index contributed by atoms with van der Waals surface area (Å²) >= 11 is 0. The van der Waals surface area contributed by atoms with Gasteiger partial charge in [-0.2, -0.15) is 0 Å². The third-order valence-electron chi connectivity index (χ3n) is 5.12. The summed E-state index contributed by atoms with van der Waals surface area (Å²) in [5.41, 5.74) is 4.04. The Balaban J connectivity index is 1.78. The maximum Gasteiger partial charge on any atom is 0.138 e. The molecule has 0 spiro atoms. The molecular weight excluding hydrogens is 258 g/mol. The van der Waals surface area contributed by atoms with Crippen molar-refractivity contribution in [2.75, 3.05) is 0 Å². The van der Waals surface area contributed by atoms with Crippen LogP contribution in [0.3, 0.4) is 0 Å². The van der Waals surface area contributed by atoms with Crippen molar-refractivity contribution >= 4 is 11.0 Å². The van der Waals surface area contributed by atoms with Gasteiger partial charge in [0.05, 0.1) is 6.54 Å². The highest BCUT2D eigenvalue weighted by Gasteiger charge is 2.32. The zero-order chi connectivity index (χ0) is 14.4. The molecule has 21 heavy (non-hydrogen) atoms. The Kier molecular flexibility index (Phi) is 3.30. The Morgan fingerprint density at radius 3 is 2.71 bits per heavy atom. The van der Waals surface area contributed by atoms with E-state index in [0.29, 0.717) is 5.92 Å². The lowest BCUT2D eigenvalue weighted by Crippen LogP contribution is -2.15. The second-order valence-corrected chi connectivity index (χ2v) is 6.90. The average molecular weight is 283 g/mol. The molecule has 0 saturated heterocycles. The topological polar surface area (TPSA) is 25.2 Å². The van der Waals surface area contributed by atoms with E-state index in [4.69, 9.17) is 4.42 Å². The van der Waals surface area contributed by atoms with Crippen molar-refractivity contribution in [2.24, 2.45) is 0 Å². The first kappa shape index (κ1) is 13.4. The van der Waals surface area contributed by atoms with Crippen LogP contribution >= 0.6 is 0 Å². The molecule has 1 heterocycles. The van der Waals surface area contributed by atoms with Gasteiger partial charge < -0.3 is 9.73 Å². The quantitative estimate of drug-likeness (QED) is 0.800. The lowest BCUT2D eigenvalue weighted by Gasteiger charge is -2.09. The van der Waals surface area contributed by atoms with E-state index in [1.54, 1.807) is 0 Å². The van der Waals surface area contributed by atoms with Crippen LogP contribution in [0.1, 0.15) is 74.7 Å². The van der Waals surface area contributed by atoms with Crippen LogP contribution in [-0.4, -0.2) is 6.04 Å². The molecule has 1 atom stereocenters. The van der Waals surface area contributed by atoms with Crippen LogP contribution < -0.4 is 5.32 Å². The fourth-order valence-corrected chi connectivity index (χ4v) is 3.29. The maximum absolute atomic E-state index is 6.37. The Bertz CT molecular complexity index is 649. The molecule has 2 nitrogen and oxygen atoms in total. The number of fused-ring (bicyclic) bond motifs is 1. The maximum atomic E-state index is 6.37. The van der Waals surface area contributed by atoms with Gasteiger partial charge in [0, 0.05) is 17.0 Å². The van der Waals surface area contributed by atoms with E-state index in [1.165, 1.54) is 48.0 Å². The number of hydrogen-bond donors (Lipinski definition) is 1. The van der Waals surface area contributed by atoms with Crippen molar-refractivity contribution in [1.29, 1.82) is 0 Å². The van der Waals surface area contributed by atoms with Crippen molar-refractivity contribution < 1.29 is 4.42 Å². The van der Waals surface area contributed by atoms with E-state index in [2.05, 4.69) is 37.4 Å². The standard InChI is InChI=1S/C19H25NO/c1-3-12(2)15-5-4-6-16-18(13-7-8-13)17(21-19(15)16)11-20-14-9-10-14/h4-6,12-14,20H,3,7-11H2,1-2H3. The Hall–Kier alpha value is -1.28. The monoisotopic (exact) mass is 283 g/mol. The molecule has 2 aliphatic rings. The Labute approximate surface area is 126 Å². The molecule has 2 aliphatic carbocycles. The van der Waals surface area contributed by atoms with Crippen molar-refractivity contribution in [2.45, 2.75) is 70.4 Å². The highest BCUT2D eigenvalue weighted by molar-refractivity contribution is 5.86. The van der Waals surface area contributed by atoms with Crippen LogP contribution in [0.15, 0.2) is 22.6 Å². The first-order valence-electron chi connectivity index (χ1n) is 8.55. The molecule has 0 aliphatic heterocycles. The normalized spacial score (nSPS) is 20.1. The summed E-state index contributed by atoms with van der Waals surface area (Å²) in [6, 6.07) is 7.45. The van der Waals surface area contributed by atoms with Gasteiger partial charge in [0.25, 0.3) is 0 Å². The minimum atomic E-state index is 0.566. The lowest BCUT2D eigenvalue weighted by molar-refractivity contribution is 0.502. The van der Waals surface area contributed by atoms with Gasteiger partial charge in [-0.25, -0.2) is 0 Å². The molecule has 1 aromatic heterocycles. The summed E-state index contributed by atoms with van der Waals surface area (Å²) in [4.78, 5) is 0. The lowest BCUT2D eigenvalue weighted by atomic mass is 9.95. The predicted octanol–water partition coefficient (Wildman–Crippen LogP) is 5.08. The minimum Gasteiger partial charge on any atom is -0.459 e. The summed E-state index contributed by atoms with van der Waals surface area (Å²) in [6.07, 6.45) is 6.49. The summed E-state index contributed by atoms with van der Waals surface area (Å²) < 4.78 is 6.37. The molecule has 2 saturated carbocycles. The largest absolute Gasteiger partial charge is 0.459 e. The molecule has 1 aromatic carbocycles. The van der Waals surface area contributed by atoms with E-state index in [0.717, 1.165) is 30.5 Å². The molecule has 1 unspecified atom stereocenters. The molecule has 0 radical (unpaired) electrons. The zero-order valence-electron chi connectivity index (χ0n) is 13.1. The number of furan rings is 1. The smallest absolute Gasteiger partial charge is 0.138 e. The van der Waals surface area contributed by atoms with E-state index in [1.807, 2.05) is 0 Å². The second-order valence-electron chi connectivity index (χ2n) is 6.90. The van der Waals surface area contributed by atoms with Crippen LogP contribution in [0, 0.1) is 0 Å². The van der Waals surface area contributed by atoms with Gasteiger partial charge in [-0.15, -0.1) is 0 Å². The number of hydrogen-bond acceptors (Lipinski definition) is 2. The molecule has 4 rings (SSSR count). The number of nitrogens with one attached hydrogen (secondary N) is 1. The van der Waals surface area contributed by atoms with Crippen molar-refractivity contribution in [3.05, 3.63) is 35.1 Å². The van der Waals surface area contributed by atoms with Gasteiger partial charge in [0.1, 0.15) is 11.3 Å². The molecule has 2 fully saturated rings. The van der Waals surface area contributed by atoms with Gasteiger partial charge in [-0.3, -0.25) is 0 Å². The third-order valence-corrected chi connectivity index (χ3v) is 5.12. The summed E-state index contributed by atoms with van der Waals surface area (Å²) in [6.45, 7) is 5.46. The van der Waals surface area contributed by atoms with Crippen molar-refractivity contribution in [3.63, 3.8) is 0 Å². The molecule has 0 amide bonds. The number of benzene rings is 1. The van der Waals surface area contributed by atoms with Gasteiger partial charge >= 0.3 is 0 Å². The first-order chi connectivity index (χ1) is 10.3. The van der Waals surface area contributed by atoms with Gasteiger partial charge in [0.15, 0.2) is 0 Å². The Morgan fingerprint density at radius 2 is 2.05 bits per heavy atom. The van der Waals surface area contributed by atoms with Crippen LogP contribution in [0.2, 0.25) is 0 Å². The van der Waals surface area contributed by atoms with E-state index >= 15 is 0 Å².